The number of rotatable bonds is 4. The lowest BCUT2D eigenvalue weighted by molar-refractivity contribution is 0.217. The van der Waals surface area contributed by atoms with Crippen molar-refractivity contribution in [2.24, 2.45) is 0 Å². The molecule has 1 aromatic heterocycles. The number of likely N-dealkylation sites (N-methyl/N-ethyl adjacent to an activating group) is 1. The molecule has 0 fully saturated rings. The van der Waals surface area contributed by atoms with E-state index in [-0.39, 0.29) is 6.61 Å². The van der Waals surface area contributed by atoms with Gasteiger partial charge < -0.3 is 10.8 Å². The van der Waals surface area contributed by atoms with Crippen molar-refractivity contribution in [2.45, 2.75) is 6.54 Å². The first kappa shape index (κ1) is 9.95. The molecule has 0 aliphatic rings. The highest BCUT2D eigenvalue weighted by Gasteiger charge is 1.99. The van der Waals surface area contributed by atoms with Gasteiger partial charge in [0.25, 0.3) is 0 Å². The summed E-state index contributed by atoms with van der Waals surface area (Å²) >= 11 is 0. The van der Waals surface area contributed by atoms with Crippen LogP contribution in [0.2, 0.25) is 0 Å². The van der Waals surface area contributed by atoms with Crippen LogP contribution in [0.25, 0.3) is 0 Å². The zero-order valence-electron chi connectivity index (χ0n) is 7.77. The number of pyridine rings is 1. The summed E-state index contributed by atoms with van der Waals surface area (Å²) in [6.07, 6.45) is 1.69. The van der Waals surface area contributed by atoms with Crippen LogP contribution in [0.1, 0.15) is 5.56 Å². The number of aliphatic hydroxyl groups excluding tert-OH is 1. The lowest BCUT2D eigenvalue weighted by Crippen LogP contribution is -2.21. The van der Waals surface area contributed by atoms with Gasteiger partial charge in [-0.05, 0) is 24.7 Å². The van der Waals surface area contributed by atoms with Crippen LogP contribution in [0.15, 0.2) is 18.3 Å². The molecular weight excluding hydrogens is 166 g/mol. The zero-order valence-corrected chi connectivity index (χ0v) is 7.77. The summed E-state index contributed by atoms with van der Waals surface area (Å²) in [6, 6.07) is 3.76. The SMILES string of the molecule is CN(CCO)Cc1ccnc(N)c1. The Labute approximate surface area is 78.0 Å². The number of hydrogen-bond donors (Lipinski definition) is 2. The summed E-state index contributed by atoms with van der Waals surface area (Å²) in [5.74, 6) is 0.537. The van der Waals surface area contributed by atoms with Gasteiger partial charge in [-0.3, -0.25) is 4.90 Å². The van der Waals surface area contributed by atoms with Crippen molar-refractivity contribution in [3.8, 4) is 0 Å². The lowest BCUT2D eigenvalue weighted by atomic mass is 10.2. The molecule has 1 heterocycles. The molecule has 0 aromatic carbocycles. The van der Waals surface area contributed by atoms with E-state index in [1.165, 1.54) is 0 Å². The van der Waals surface area contributed by atoms with Crippen molar-refractivity contribution in [1.29, 1.82) is 0 Å². The maximum atomic E-state index is 8.69. The first-order chi connectivity index (χ1) is 6.22. The molecule has 1 aromatic rings. The standard InChI is InChI=1S/C9H15N3O/c1-12(4-5-13)7-8-2-3-11-9(10)6-8/h2-3,6,13H,4-5,7H2,1H3,(H2,10,11). The van der Waals surface area contributed by atoms with Crippen LogP contribution in [-0.2, 0) is 6.54 Å². The zero-order chi connectivity index (χ0) is 9.68. The predicted molar refractivity (Wildman–Crippen MR) is 52.1 cm³/mol. The van der Waals surface area contributed by atoms with E-state index in [0.717, 1.165) is 12.1 Å². The molecule has 0 saturated carbocycles. The number of nitrogens with zero attached hydrogens (tertiary/aromatic N) is 2. The molecule has 0 atom stereocenters. The normalized spacial score (nSPS) is 10.7. The molecule has 0 spiro atoms. The minimum absolute atomic E-state index is 0.178. The number of nitrogens with two attached hydrogens (primary N) is 1. The van der Waals surface area contributed by atoms with Gasteiger partial charge in [-0.25, -0.2) is 4.98 Å². The molecule has 4 nitrogen and oxygen atoms in total. The quantitative estimate of drug-likeness (QED) is 0.691. The fourth-order valence-electron chi connectivity index (χ4n) is 1.15. The smallest absolute Gasteiger partial charge is 0.123 e. The van der Waals surface area contributed by atoms with Crippen molar-refractivity contribution in [3.05, 3.63) is 23.9 Å². The Bertz CT molecular complexity index is 265. The molecular formula is C9H15N3O. The van der Waals surface area contributed by atoms with Gasteiger partial charge in [0.15, 0.2) is 0 Å². The third-order valence-electron chi connectivity index (χ3n) is 1.78. The highest BCUT2D eigenvalue weighted by molar-refractivity contribution is 5.31. The predicted octanol–water partition coefficient (Wildman–Crippen LogP) is 0.0879. The van der Waals surface area contributed by atoms with E-state index >= 15 is 0 Å². The molecule has 1 rings (SSSR count). The average Bonchev–Trinajstić information content (AvgIpc) is 2.04. The Morgan fingerprint density at radius 3 is 3.00 bits per heavy atom. The van der Waals surface area contributed by atoms with E-state index in [9.17, 15) is 0 Å². The van der Waals surface area contributed by atoms with Crippen molar-refractivity contribution in [1.82, 2.24) is 9.88 Å². The second kappa shape index (κ2) is 4.79. The summed E-state index contributed by atoms with van der Waals surface area (Å²) in [7, 11) is 1.95. The highest BCUT2D eigenvalue weighted by Crippen LogP contribution is 2.05. The first-order valence-corrected chi connectivity index (χ1v) is 4.22. The summed E-state index contributed by atoms with van der Waals surface area (Å²) in [6.45, 7) is 1.63. The van der Waals surface area contributed by atoms with Gasteiger partial charge in [0.1, 0.15) is 5.82 Å². The molecule has 0 saturated heterocycles. The monoisotopic (exact) mass is 181 g/mol. The van der Waals surface area contributed by atoms with Crippen molar-refractivity contribution in [2.75, 3.05) is 25.9 Å². The molecule has 0 aliphatic carbocycles. The van der Waals surface area contributed by atoms with Crippen molar-refractivity contribution >= 4 is 5.82 Å². The number of anilines is 1. The third kappa shape index (κ3) is 3.40. The number of nitrogen functional groups attached to an aromatic ring is 1. The van der Waals surface area contributed by atoms with E-state index < -0.39 is 0 Å². The minimum atomic E-state index is 0.178. The third-order valence-corrected chi connectivity index (χ3v) is 1.78. The van der Waals surface area contributed by atoms with Gasteiger partial charge in [0.05, 0.1) is 6.61 Å². The summed E-state index contributed by atoms with van der Waals surface area (Å²) in [5, 5.41) is 8.69. The number of hydrogen-bond acceptors (Lipinski definition) is 4. The van der Waals surface area contributed by atoms with E-state index in [2.05, 4.69) is 4.98 Å². The molecule has 0 bridgehead atoms. The molecule has 3 N–H and O–H groups in total. The summed E-state index contributed by atoms with van der Waals surface area (Å²) in [5.41, 5.74) is 6.64. The Hall–Kier alpha value is -1.13. The maximum absolute atomic E-state index is 8.69. The van der Waals surface area contributed by atoms with Crippen LogP contribution in [0, 0.1) is 0 Å². The van der Waals surface area contributed by atoms with Crippen LogP contribution >= 0.6 is 0 Å². The summed E-state index contributed by atoms with van der Waals surface area (Å²) in [4.78, 5) is 5.93. The van der Waals surface area contributed by atoms with E-state index in [4.69, 9.17) is 10.8 Å². The van der Waals surface area contributed by atoms with Crippen molar-refractivity contribution < 1.29 is 5.11 Å². The van der Waals surface area contributed by atoms with Crippen LogP contribution in [0.5, 0.6) is 0 Å². The van der Waals surface area contributed by atoms with Gasteiger partial charge in [-0.2, -0.15) is 0 Å². The van der Waals surface area contributed by atoms with E-state index in [1.807, 2.05) is 24.1 Å². The highest BCUT2D eigenvalue weighted by atomic mass is 16.3. The fraction of sp³-hybridized carbons (Fsp3) is 0.444. The van der Waals surface area contributed by atoms with Gasteiger partial charge in [-0.1, -0.05) is 0 Å². The molecule has 4 heteroatoms. The number of aromatic nitrogens is 1. The molecule has 0 radical (unpaired) electrons. The van der Waals surface area contributed by atoms with Crippen LogP contribution in [-0.4, -0.2) is 35.2 Å². The molecule has 13 heavy (non-hydrogen) atoms. The summed E-state index contributed by atoms with van der Waals surface area (Å²) < 4.78 is 0. The lowest BCUT2D eigenvalue weighted by Gasteiger charge is -2.14. The Kier molecular flexibility index (Phi) is 3.67. The van der Waals surface area contributed by atoms with E-state index in [0.29, 0.717) is 12.4 Å². The molecule has 0 amide bonds. The van der Waals surface area contributed by atoms with Gasteiger partial charge in [-0.15, -0.1) is 0 Å². The van der Waals surface area contributed by atoms with Crippen LogP contribution < -0.4 is 5.73 Å². The Morgan fingerprint density at radius 1 is 1.62 bits per heavy atom. The minimum Gasteiger partial charge on any atom is -0.395 e. The molecule has 0 aliphatic heterocycles. The van der Waals surface area contributed by atoms with E-state index in [1.54, 1.807) is 6.20 Å². The topological polar surface area (TPSA) is 62.4 Å². The van der Waals surface area contributed by atoms with Crippen LogP contribution in [0.4, 0.5) is 5.82 Å². The van der Waals surface area contributed by atoms with Crippen molar-refractivity contribution in [3.63, 3.8) is 0 Å². The Morgan fingerprint density at radius 2 is 2.38 bits per heavy atom. The second-order valence-corrected chi connectivity index (χ2v) is 3.05. The number of aliphatic hydroxyl groups is 1. The largest absolute Gasteiger partial charge is 0.395 e. The first-order valence-electron chi connectivity index (χ1n) is 4.22. The second-order valence-electron chi connectivity index (χ2n) is 3.05. The van der Waals surface area contributed by atoms with Gasteiger partial charge in [0, 0.05) is 19.3 Å². The van der Waals surface area contributed by atoms with Gasteiger partial charge >= 0.3 is 0 Å². The van der Waals surface area contributed by atoms with Crippen LogP contribution in [0.3, 0.4) is 0 Å². The average molecular weight is 181 g/mol. The molecule has 72 valence electrons. The Balaban J connectivity index is 2.53. The fourth-order valence-corrected chi connectivity index (χ4v) is 1.15. The molecule has 0 unspecified atom stereocenters. The van der Waals surface area contributed by atoms with Gasteiger partial charge in [0.2, 0.25) is 0 Å². The maximum Gasteiger partial charge on any atom is 0.123 e.